The van der Waals surface area contributed by atoms with Crippen LogP contribution in [0.25, 0.3) is 0 Å². The van der Waals surface area contributed by atoms with E-state index in [1.807, 2.05) is 20.2 Å². The maximum absolute atomic E-state index is 5.50. The predicted molar refractivity (Wildman–Crippen MR) is 74.0 cm³/mol. The van der Waals surface area contributed by atoms with Gasteiger partial charge in [0, 0.05) is 24.8 Å². The molecule has 0 aliphatic carbocycles. The summed E-state index contributed by atoms with van der Waals surface area (Å²) in [5, 5.41) is 3.24. The lowest BCUT2D eigenvalue weighted by molar-refractivity contribution is 0.126. The Hall–Kier alpha value is -1.20. The van der Waals surface area contributed by atoms with Gasteiger partial charge in [-0.15, -0.1) is 0 Å². The van der Waals surface area contributed by atoms with E-state index in [9.17, 15) is 0 Å². The number of hydrogen-bond donors (Lipinski definition) is 1. The molecule has 1 aromatic heterocycles. The third-order valence-electron chi connectivity index (χ3n) is 2.52. The Bertz CT molecular complexity index is 342. The van der Waals surface area contributed by atoms with E-state index in [1.165, 1.54) is 0 Å². The molecule has 0 aliphatic heterocycles. The fraction of sp³-hybridized carbons (Fsp3) is 0.692. The van der Waals surface area contributed by atoms with Gasteiger partial charge >= 0.3 is 0 Å². The van der Waals surface area contributed by atoms with Crippen molar-refractivity contribution in [1.29, 1.82) is 0 Å². The summed E-state index contributed by atoms with van der Waals surface area (Å²) < 4.78 is 5.50. The average Bonchev–Trinajstić information content (AvgIpc) is 2.33. The van der Waals surface area contributed by atoms with E-state index >= 15 is 0 Å². The summed E-state index contributed by atoms with van der Waals surface area (Å²) in [6, 6.07) is 1.99. The summed E-state index contributed by atoms with van der Waals surface area (Å²) in [6.07, 6.45) is 1.60. The SMILES string of the molecule is CC(C)c1cc(NCCOCCN(C)C)ncn1. The van der Waals surface area contributed by atoms with E-state index in [1.54, 1.807) is 6.33 Å². The zero-order chi connectivity index (χ0) is 13.4. The molecule has 18 heavy (non-hydrogen) atoms. The van der Waals surface area contributed by atoms with Crippen molar-refractivity contribution in [2.75, 3.05) is 45.7 Å². The summed E-state index contributed by atoms with van der Waals surface area (Å²) >= 11 is 0. The van der Waals surface area contributed by atoms with Crippen molar-refractivity contribution >= 4 is 5.82 Å². The Morgan fingerprint density at radius 3 is 2.72 bits per heavy atom. The molecular weight excluding hydrogens is 228 g/mol. The Balaban J connectivity index is 2.21. The Labute approximate surface area is 110 Å². The van der Waals surface area contributed by atoms with Crippen molar-refractivity contribution in [3.8, 4) is 0 Å². The van der Waals surface area contributed by atoms with Gasteiger partial charge in [0.15, 0.2) is 0 Å². The van der Waals surface area contributed by atoms with Crippen molar-refractivity contribution in [1.82, 2.24) is 14.9 Å². The zero-order valence-electron chi connectivity index (χ0n) is 11.8. The number of ether oxygens (including phenoxy) is 1. The molecular formula is C13H24N4O. The largest absolute Gasteiger partial charge is 0.378 e. The van der Waals surface area contributed by atoms with Gasteiger partial charge in [0.05, 0.1) is 13.2 Å². The maximum atomic E-state index is 5.50. The minimum Gasteiger partial charge on any atom is -0.378 e. The molecule has 0 bridgehead atoms. The third-order valence-corrected chi connectivity index (χ3v) is 2.52. The molecule has 1 heterocycles. The molecule has 1 N–H and O–H groups in total. The lowest BCUT2D eigenvalue weighted by Gasteiger charge is -2.11. The second-order valence-corrected chi connectivity index (χ2v) is 4.83. The molecule has 0 fully saturated rings. The van der Waals surface area contributed by atoms with Gasteiger partial charge in [-0.2, -0.15) is 0 Å². The molecule has 0 unspecified atom stereocenters. The number of aromatic nitrogens is 2. The molecule has 102 valence electrons. The van der Waals surface area contributed by atoms with Crippen LogP contribution in [0, 0.1) is 0 Å². The fourth-order valence-electron chi connectivity index (χ4n) is 1.39. The minimum absolute atomic E-state index is 0.421. The molecule has 5 nitrogen and oxygen atoms in total. The van der Waals surface area contributed by atoms with Crippen LogP contribution in [0.2, 0.25) is 0 Å². The van der Waals surface area contributed by atoms with Crippen molar-refractivity contribution in [2.45, 2.75) is 19.8 Å². The molecule has 1 rings (SSSR count). The smallest absolute Gasteiger partial charge is 0.129 e. The van der Waals surface area contributed by atoms with E-state index in [4.69, 9.17) is 4.74 Å². The van der Waals surface area contributed by atoms with Crippen molar-refractivity contribution in [3.63, 3.8) is 0 Å². The summed E-state index contributed by atoms with van der Waals surface area (Å²) in [5.41, 5.74) is 1.06. The first kappa shape index (κ1) is 14.9. The monoisotopic (exact) mass is 252 g/mol. The lowest BCUT2D eigenvalue weighted by Crippen LogP contribution is -2.20. The molecule has 0 saturated heterocycles. The Morgan fingerprint density at radius 1 is 1.28 bits per heavy atom. The highest BCUT2D eigenvalue weighted by Gasteiger charge is 2.02. The highest BCUT2D eigenvalue weighted by atomic mass is 16.5. The van der Waals surface area contributed by atoms with Gasteiger partial charge in [0.2, 0.25) is 0 Å². The maximum Gasteiger partial charge on any atom is 0.129 e. The van der Waals surface area contributed by atoms with Crippen LogP contribution >= 0.6 is 0 Å². The minimum atomic E-state index is 0.421. The van der Waals surface area contributed by atoms with Crippen LogP contribution in [-0.2, 0) is 4.74 Å². The van der Waals surface area contributed by atoms with Crippen LogP contribution in [0.3, 0.4) is 0 Å². The second kappa shape index (κ2) is 8.00. The van der Waals surface area contributed by atoms with E-state index in [2.05, 4.69) is 34.0 Å². The van der Waals surface area contributed by atoms with E-state index in [-0.39, 0.29) is 0 Å². The van der Waals surface area contributed by atoms with Gasteiger partial charge < -0.3 is 15.0 Å². The second-order valence-electron chi connectivity index (χ2n) is 4.83. The normalized spacial score (nSPS) is 11.2. The van der Waals surface area contributed by atoms with Crippen LogP contribution in [-0.4, -0.2) is 55.3 Å². The lowest BCUT2D eigenvalue weighted by atomic mass is 10.1. The molecule has 0 aromatic carbocycles. The van der Waals surface area contributed by atoms with Gasteiger partial charge in [0.25, 0.3) is 0 Å². The van der Waals surface area contributed by atoms with Crippen LogP contribution in [0.4, 0.5) is 5.82 Å². The highest BCUT2D eigenvalue weighted by Crippen LogP contribution is 2.13. The molecule has 0 saturated carbocycles. The molecule has 0 atom stereocenters. The summed E-state index contributed by atoms with van der Waals surface area (Å²) in [5.74, 6) is 1.29. The van der Waals surface area contributed by atoms with Gasteiger partial charge in [-0.05, 0) is 20.0 Å². The number of hydrogen-bond acceptors (Lipinski definition) is 5. The number of rotatable bonds is 8. The van der Waals surface area contributed by atoms with Crippen LogP contribution < -0.4 is 5.32 Å². The van der Waals surface area contributed by atoms with Crippen molar-refractivity contribution in [3.05, 3.63) is 18.1 Å². The van der Waals surface area contributed by atoms with Gasteiger partial charge in [0.1, 0.15) is 12.1 Å². The predicted octanol–water partition coefficient (Wildman–Crippen LogP) is 1.59. The first-order chi connectivity index (χ1) is 8.59. The van der Waals surface area contributed by atoms with Crippen LogP contribution in [0.1, 0.15) is 25.5 Å². The molecule has 5 heteroatoms. The van der Waals surface area contributed by atoms with Gasteiger partial charge in [-0.3, -0.25) is 0 Å². The van der Waals surface area contributed by atoms with Crippen molar-refractivity contribution in [2.24, 2.45) is 0 Å². The van der Waals surface area contributed by atoms with E-state index in [0.717, 1.165) is 31.2 Å². The standard InChI is InChI=1S/C13H24N4O/c1-11(2)12-9-13(16-10-15-12)14-5-7-18-8-6-17(3)4/h9-11H,5-8H2,1-4H3,(H,14,15,16). The summed E-state index contributed by atoms with van der Waals surface area (Å²) in [4.78, 5) is 10.5. The molecule has 1 aromatic rings. The van der Waals surface area contributed by atoms with Crippen LogP contribution in [0.15, 0.2) is 12.4 Å². The summed E-state index contributed by atoms with van der Waals surface area (Å²) in [7, 11) is 4.08. The number of anilines is 1. The number of nitrogens with zero attached hydrogens (tertiary/aromatic N) is 3. The fourth-order valence-corrected chi connectivity index (χ4v) is 1.39. The van der Waals surface area contributed by atoms with Crippen LogP contribution in [0.5, 0.6) is 0 Å². The first-order valence-corrected chi connectivity index (χ1v) is 6.38. The Morgan fingerprint density at radius 2 is 2.06 bits per heavy atom. The highest BCUT2D eigenvalue weighted by molar-refractivity contribution is 5.35. The van der Waals surface area contributed by atoms with Gasteiger partial charge in [-0.1, -0.05) is 13.8 Å². The molecule has 0 radical (unpaired) electrons. The first-order valence-electron chi connectivity index (χ1n) is 6.38. The topological polar surface area (TPSA) is 50.3 Å². The van der Waals surface area contributed by atoms with Crippen molar-refractivity contribution < 1.29 is 4.74 Å². The van der Waals surface area contributed by atoms with E-state index in [0.29, 0.717) is 12.5 Å². The number of likely N-dealkylation sites (N-methyl/N-ethyl adjacent to an activating group) is 1. The molecule has 0 amide bonds. The third kappa shape index (κ3) is 5.93. The Kier molecular flexibility index (Phi) is 6.60. The van der Waals surface area contributed by atoms with Gasteiger partial charge in [-0.25, -0.2) is 9.97 Å². The zero-order valence-corrected chi connectivity index (χ0v) is 11.8. The quantitative estimate of drug-likeness (QED) is 0.712. The summed E-state index contributed by atoms with van der Waals surface area (Å²) in [6.45, 7) is 7.41. The van der Waals surface area contributed by atoms with E-state index < -0.39 is 0 Å². The average molecular weight is 252 g/mol. The molecule has 0 aliphatic rings. The molecule has 0 spiro atoms. The number of nitrogens with one attached hydrogen (secondary N) is 1.